The molecule has 0 N–H and O–H groups in total. The average molecular weight is 578 g/mol. The summed E-state index contributed by atoms with van der Waals surface area (Å²) in [4.78, 5) is 33.1. The van der Waals surface area contributed by atoms with Crippen LogP contribution in [0.1, 0.15) is 29.7 Å². The Bertz CT molecular complexity index is 2050. The predicted molar refractivity (Wildman–Crippen MR) is 163 cm³/mol. The molecular weight excluding hydrogens is 554 g/mol. The quantitative estimate of drug-likeness (QED) is 0.206. The Labute approximate surface area is 245 Å². The summed E-state index contributed by atoms with van der Waals surface area (Å²) in [5.74, 6) is 2.16. The van der Waals surface area contributed by atoms with Crippen molar-refractivity contribution in [3.05, 3.63) is 132 Å². The highest BCUT2D eigenvalue weighted by Crippen LogP contribution is 2.35. The van der Waals surface area contributed by atoms with E-state index in [4.69, 9.17) is 27.8 Å². The third kappa shape index (κ3) is 4.82. The zero-order valence-corrected chi connectivity index (χ0v) is 23.7. The van der Waals surface area contributed by atoms with Crippen LogP contribution in [0.5, 0.6) is 0 Å². The van der Waals surface area contributed by atoms with Gasteiger partial charge in [0.2, 0.25) is 0 Å². The Morgan fingerprint density at radius 2 is 1.83 bits per heavy atom. The molecule has 0 unspecified atom stereocenters. The minimum absolute atomic E-state index is 0.184. The van der Waals surface area contributed by atoms with Gasteiger partial charge in [0.25, 0.3) is 5.56 Å². The normalized spacial score (nSPS) is 15.0. The van der Waals surface area contributed by atoms with Gasteiger partial charge in [-0.05, 0) is 36.8 Å². The second-order valence-electron chi connectivity index (χ2n) is 9.42. The summed E-state index contributed by atoms with van der Waals surface area (Å²) in [6.45, 7) is 2.35. The highest BCUT2D eigenvalue weighted by molar-refractivity contribution is 7.07. The smallest absolute Gasteiger partial charge is 0.338 e. The number of carbonyl (C=O) groups is 1. The fraction of sp³-hybridized carbons (Fsp3) is 0.121. The van der Waals surface area contributed by atoms with Crippen molar-refractivity contribution in [3.63, 3.8) is 0 Å². The van der Waals surface area contributed by atoms with Crippen molar-refractivity contribution in [2.45, 2.75) is 19.5 Å². The molecule has 8 heteroatoms. The summed E-state index contributed by atoms with van der Waals surface area (Å²) in [7, 11) is 0. The van der Waals surface area contributed by atoms with Crippen LogP contribution in [0.25, 0.3) is 22.7 Å². The van der Waals surface area contributed by atoms with Gasteiger partial charge >= 0.3 is 5.97 Å². The van der Waals surface area contributed by atoms with E-state index in [2.05, 4.69) is 5.92 Å². The van der Waals surface area contributed by atoms with Crippen molar-refractivity contribution < 1.29 is 9.53 Å². The molecule has 0 fully saturated rings. The lowest BCUT2D eigenvalue weighted by Gasteiger charge is -2.25. The first-order chi connectivity index (χ1) is 20.0. The molecule has 0 bridgehead atoms. The van der Waals surface area contributed by atoms with Gasteiger partial charge in [-0.3, -0.25) is 9.36 Å². The van der Waals surface area contributed by atoms with Crippen LogP contribution in [-0.4, -0.2) is 21.7 Å². The number of rotatable bonds is 6. The molecule has 0 radical (unpaired) electrons. The van der Waals surface area contributed by atoms with Crippen LogP contribution in [0.3, 0.4) is 0 Å². The number of esters is 1. The molecule has 1 aliphatic rings. The number of hydrogen-bond acceptors (Lipinski definition) is 5. The molecule has 0 spiro atoms. The van der Waals surface area contributed by atoms with Crippen LogP contribution >= 0.6 is 22.9 Å². The first-order valence-corrected chi connectivity index (χ1v) is 14.2. The van der Waals surface area contributed by atoms with Gasteiger partial charge in [0.15, 0.2) is 4.80 Å². The van der Waals surface area contributed by atoms with E-state index in [-0.39, 0.29) is 12.2 Å². The highest BCUT2D eigenvalue weighted by Gasteiger charge is 2.35. The van der Waals surface area contributed by atoms with Crippen LogP contribution in [-0.2, 0) is 16.1 Å². The van der Waals surface area contributed by atoms with Crippen molar-refractivity contribution in [2.75, 3.05) is 6.61 Å². The summed E-state index contributed by atoms with van der Waals surface area (Å²) in [5.41, 5.74) is 3.85. The maximum Gasteiger partial charge on any atom is 0.338 e. The number of thiazole rings is 1. The number of aromatic nitrogens is 2. The lowest BCUT2D eigenvalue weighted by Crippen LogP contribution is -2.40. The van der Waals surface area contributed by atoms with Gasteiger partial charge in [-0.25, -0.2) is 9.79 Å². The molecule has 41 heavy (non-hydrogen) atoms. The largest absolute Gasteiger partial charge is 0.463 e. The zero-order valence-electron chi connectivity index (χ0n) is 22.1. The third-order valence-electron chi connectivity index (χ3n) is 6.93. The number of para-hydroxylation sites is 1. The minimum atomic E-state index is -0.761. The summed E-state index contributed by atoms with van der Waals surface area (Å²) < 4.78 is 9.58. The second kappa shape index (κ2) is 11.1. The monoisotopic (exact) mass is 577 g/mol. The van der Waals surface area contributed by atoms with E-state index in [1.807, 2.05) is 83.6 Å². The fourth-order valence-electron chi connectivity index (χ4n) is 5.16. The van der Waals surface area contributed by atoms with Crippen molar-refractivity contribution >= 4 is 51.6 Å². The number of hydrogen-bond donors (Lipinski definition) is 0. The molecule has 5 aromatic rings. The number of terminal acetylenes is 1. The number of carbonyl (C=O) groups excluding carboxylic acids is 1. The molecule has 1 aliphatic heterocycles. The third-order valence-corrected chi connectivity index (χ3v) is 8.16. The number of benzene rings is 3. The van der Waals surface area contributed by atoms with E-state index in [1.165, 1.54) is 11.3 Å². The lowest BCUT2D eigenvalue weighted by molar-refractivity contribution is -0.138. The molecule has 0 saturated carbocycles. The molecule has 202 valence electrons. The Hall–Kier alpha value is -4.64. The van der Waals surface area contributed by atoms with Gasteiger partial charge in [-0.2, -0.15) is 0 Å². The molecule has 6 nitrogen and oxygen atoms in total. The molecule has 0 amide bonds. The average Bonchev–Trinajstić information content (AvgIpc) is 3.50. The maximum atomic E-state index is 14.1. The van der Waals surface area contributed by atoms with E-state index in [0.717, 1.165) is 27.6 Å². The van der Waals surface area contributed by atoms with Crippen LogP contribution in [0.2, 0.25) is 5.02 Å². The van der Waals surface area contributed by atoms with E-state index < -0.39 is 12.0 Å². The van der Waals surface area contributed by atoms with E-state index in [9.17, 15) is 9.59 Å². The molecule has 3 aromatic carbocycles. The molecule has 0 aliphatic carbocycles. The van der Waals surface area contributed by atoms with Crippen molar-refractivity contribution in [3.8, 4) is 12.3 Å². The Morgan fingerprint density at radius 1 is 1.10 bits per heavy atom. The first kappa shape index (κ1) is 26.6. The van der Waals surface area contributed by atoms with Crippen molar-refractivity contribution in [1.82, 2.24) is 9.13 Å². The zero-order chi connectivity index (χ0) is 28.5. The summed E-state index contributed by atoms with van der Waals surface area (Å²) in [6, 6.07) is 23.8. The summed E-state index contributed by atoms with van der Waals surface area (Å²) >= 11 is 7.50. The van der Waals surface area contributed by atoms with Crippen molar-refractivity contribution in [1.29, 1.82) is 0 Å². The summed E-state index contributed by atoms with van der Waals surface area (Å²) in [5, 5.41) is 1.54. The standard InChI is InChI=1S/C33H24ClN3O3S/c1-3-18-36-20-23(25-12-8-9-13-26(25)36)19-27-31(38)37-30(22-14-16-24(34)17-15-22)28(32(39)40-4-2)29(35-33(37)41-27)21-10-6-5-7-11-21/h1,5-17,19-20,30H,4,18H2,2H3/b27-19-/t30-/m1/s1. The van der Waals surface area contributed by atoms with E-state index >= 15 is 0 Å². The van der Waals surface area contributed by atoms with Crippen molar-refractivity contribution in [2.24, 2.45) is 4.99 Å². The van der Waals surface area contributed by atoms with Gasteiger partial charge in [0, 0.05) is 33.2 Å². The number of ether oxygens (including phenoxy) is 1. The number of halogens is 1. The highest BCUT2D eigenvalue weighted by atomic mass is 35.5. The van der Waals surface area contributed by atoms with E-state index in [1.54, 1.807) is 23.6 Å². The van der Waals surface area contributed by atoms with Gasteiger partial charge in [0.1, 0.15) is 0 Å². The lowest BCUT2D eigenvalue weighted by atomic mass is 9.93. The van der Waals surface area contributed by atoms with Crippen LogP contribution in [0.15, 0.2) is 100 Å². The number of fused-ring (bicyclic) bond motifs is 2. The van der Waals surface area contributed by atoms with Crippen LogP contribution in [0, 0.1) is 12.3 Å². The van der Waals surface area contributed by atoms with Gasteiger partial charge in [0.05, 0.1) is 35.0 Å². The topological polar surface area (TPSA) is 65.6 Å². The molecule has 6 rings (SSSR count). The molecule has 2 aromatic heterocycles. The molecular formula is C33H24ClN3O3S. The second-order valence-corrected chi connectivity index (χ2v) is 10.9. The Balaban J connectivity index is 1.65. The Morgan fingerprint density at radius 3 is 2.56 bits per heavy atom. The Kier molecular flexibility index (Phi) is 7.19. The van der Waals surface area contributed by atoms with E-state index in [0.29, 0.717) is 32.2 Å². The van der Waals surface area contributed by atoms with Crippen LogP contribution in [0.4, 0.5) is 0 Å². The van der Waals surface area contributed by atoms with Gasteiger partial charge in [-0.1, -0.05) is 89.5 Å². The summed E-state index contributed by atoms with van der Waals surface area (Å²) in [6.07, 6.45) is 9.43. The predicted octanol–water partition coefficient (Wildman–Crippen LogP) is 5.18. The molecule has 1 atom stereocenters. The molecule has 3 heterocycles. The fourth-order valence-corrected chi connectivity index (χ4v) is 6.28. The SMILES string of the molecule is C#CCn1cc(/C=c2\sc3n(c2=O)[C@H](c2ccc(Cl)cc2)C(C(=O)OCC)=C(c2ccccc2)N=3)c2ccccc21. The van der Waals surface area contributed by atoms with Gasteiger partial charge in [-0.15, -0.1) is 6.42 Å². The van der Waals surface area contributed by atoms with Gasteiger partial charge < -0.3 is 9.30 Å². The first-order valence-electron chi connectivity index (χ1n) is 13.1. The maximum absolute atomic E-state index is 14.1. The van der Waals surface area contributed by atoms with Crippen LogP contribution < -0.4 is 14.9 Å². The molecule has 0 saturated heterocycles. The number of nitrogens with zero attached hydrogens (tertiary/aromatic N) is 3. The minimum Gasteiger partial charge on any atom is -0.463 e.